The number of aromatic nitrogens is 1. The third-order valence-electron chi connectivity index (χ3n) is 2.63. The minimum Gasteiger partial charge on any atom is -0.336 e. The molecule has 1 aromatic carbocycles. The van der Waals surface area contributed by atoms with Crippen molar-refractivity contribution >= 4 is 34.5 Å². The van der Waals surface area contributed by atoms with Gasteiger partial charge in [0.15, 0.2) is 0 Å². The smallest absolute Gasteiger partial charge is 0.300 e. The molecular formula is C12H10ClN3O3S. The molecular weight excluding hydrogens is 302 g/mol. The highest BCUT2D eigenvalue weighted by Gasteiger charge is 2.25. The Kier molecular flexibility index (Phi) is 4.31. The molecule has 0 atom stereocenters. The van der Waals surface area contributed by atoms with E-state index in [9.17, 15) is 14.9 Å². The molecule has 8 heteroatoms. The van der Waals surface area contributed by atoms with E-state index in [0.29, 0.717) is 0 Å². The highest BCUT2D eigenvalue weighted by Crippen LogP contribution is 2.29. The van der Waals surface area contributed by atoms with Crippen LogP contribution in [0.25, 0.3) is 0 Å². The maximum atomic E-state index is 12.3. The predicted molar refractivity (Wildman–Crippen MR) is 76.0 cm³/mol. The second-order valence-electron chi connectivity index (χ2n) is 4.03. The summed E-state index contributed by atoms with van der Waals surface area (Å²) in [7, 11) is 1.56. The normalized spacial score (nSPS) is 10.3. The zero-order valence-corrected chi connectivity index (χ0v) is 12.0. The molecule has 0 radical (unpaired) electrons. The molecule has 1 heterocycles. The fraction of sp³-hybridized carbons (Fsp3) is 0.167. The Bertz CT molecular complexity index is 645. The molecule has 20 heavy (non-hydrogen) atoms. The van der Waals surface area contributed by atoms with Crippen LogP contribution < -0.4 is 0 Å². The maximum absolute atomic E-state index is 12.3. The van der Waals surface area contributed by atoms with Crippen LogP contribution in [0.2, 0.25) is 5.02 Å². The Balaban J connectivity index is 2.29. The van der Waals surface area contributed by atoms with Gasteiger partial charge in [0, 0.05) is 12.4 Å². The van der Waals surface area contributed by atoms with Crippen LogP contribution in [-0.2, 0) is 6.54 Å². The van der Waals surface area contributed by atoms with Crippen LogP contribution in [0.15, 0.2) is 29.1 Å². The zero-order valence-electron chi connectivity index (χ0n) is 10.4. The lowest BCUT2D eigenvalue weighted by atomic mass is 10.1. The Morgan fingerprint density at radius 2 is 2.30 bits per heavy atom. The van der Waals surface area contributed by atoms with E-state index in [1.54, 1.807) is 12.6 Å². The number of carbonyl (C=O) groups is 1. The topological polar surface area (TPSA) is 76.3 Å². The molecule has 0 saturated carbocycles. The minimum atomic E-state index is -0.647. The molecule has 0 bridgehead atoms. The molecule has 104 valence electrons. The van der Waals surface area contributed by atoms with E-state index >= 15 is 0 Å². The molecule has 2 rings (SSSR count). The predicted octanol–water partition coefficient (Wildman–Crippen LogP) is 2.98. The Hall–Kier alpha value is -1.99. The van der Waals surface area contributed by atoms with E-state index in [0.717, 1.165) is 5.69 Å². The fourth-order valence-corrected chi connectivity index (χ4v) is 2.50. The summed E-state index contributed by atoms with van der Waals surface area (Å²) in [5.41, 5.74) is 2.00. The summed E-state index contributed by atoms with van der Waals surface area (Å²) >= 11 is 7.21. The average molecular weight is 312 g/mol. The summed E-state index contributed by atoms with van der Waals surface area (Å²) in [4.78, 5) is 28.1. The van der Waals surface area contributed by atoms with Gasteiger partial charge in [0.05, 0.1) is 22.7 Å². The van der Waals surface area contributed by atoms with E-state index < -0.39 is 10.8 Å². The lowest BCUT2D eigenvalue weighted by Gasteiger charge is -2.16. The zero-order chi connectivity index (χ0) is 14.7. The molecule has 0 fully saturated rings. The van der Waals surface area contributed by atoms with Crippen LogP contribution in [0, 0.1) is 10.1 Å². The van der Waals surface area contributed by atoms with Crippen LogP contribution in [-0.4, -0.2) is 27.8 Å². The first kappa shape index (κ1) is 14.4. The standard InChI is InChI=1S/C12H10ClN3O3S/c1-15(5-8-6-20-7-14-8)12(17)9-3-2-4-10(13)11(9)16(18)19/h2-4,6-7H,5H2,1H3. The van der Waals surface area contributed by atoms with Crippen molar-refractivity contribution in [1.29, 1.82) is 0 Å². The highest BCUT2D eigenvalue weighted by atomic mass is 35.5. The van der Waals surface area contributed by atoms with Crippen LogP contribution in [0.5, 0.6) is 0 Å². The number of amides is 1. The van der Waals surface area contributed by atoms with Gasteiger partial charge in [0.2, 0.25) is 0 Å². The van der Waals surface area contributed by atoms with Gasteiger partial charge in [-0.2, -0.15) is 0 Å². The van der Waals surface area contributed by atoms with E-state index in [-0.39, 0.29) is 22.8 Å². The van der Waals surface area contributed by atoms with E-state index in [2.05, 4.69) is 4.98 Å². The molecule has 0 aliphatic carbocycles. The number of hydrogen-bond acceptors (Lipinski definition) is 5. The number of nitro groups is 1. The molecule has 1 aromatic heterocycles. The molecule has 0 spiro atoms. The molecule has 6 nitrogen and oxygen atoms in total. The van der Waals surface area contributed by atoms with Crippen molar-refractivity contribution in [3.05, 3.63) is 55.5 Å². The maximum Gasteiger partial charge on any atom is 0.300 e. The summed E-state index contributed by atoms with van der Waals surface area (Å²) in [6.07, 6.45) is 0. The number of rotatable bonds is 4. The Morgan fingerprint density at radius 3 is 2.90 bits per heavy atom. The van der Waals surface area contributed by atoms with Crippen molar-refractivity contribution in [2.45, 2.75) is 6.54 Å². The number of carbonyl (C=O) groups excluding carboxylic acids is 1. The summed E-state index contributed by atoms with van der Waals surface area (Å²) in [6.45, 7) is 0.284. The largest absolute Gasteiger partial charge is 0.336 e. The van der Waals surface area contributed by atoms with Gasteiger partial charge in [-0.1, -0.05) is 17.7 Å². The molecule has 0 unspecified atom stereocenters. The first-order chi connectivity index (χ1) is 9.50. The van der Waals surface area contributed by atoms with Crippen molar-refractivity contribution in [3.63, 3.8) is 0 Å². The average Bonchev–Trinajstić information content (AvgIpc) is 2.89. The SMILES string of the molecule is CN(Cc1cscn1)C(=O)c1cccc(Cl)c1[N+](=O)[O-]. The minimum absolute atomic E-state index is 0.0276. The van der Waals surface area contributed by atoms with Crippen molar-refractivity contribution < 1.29 is 9.72 Å². The fourth-order valence-electron chi connectivity index (χ4n) is 1.71. The van der Waals surface area contributed by atoms with Gasteiger partial charge in [-0.05, 0) is 12.1 Å². The quantitative estimate of drug-likeness (QED) is 0.642. The van der Waals surface area contributed by atoms with Crippen molar-refractivity contribution in [2.24, 2.45) is 0 Å². The number of hydrogen-bond donors (Lipinski definition) is 0. The summed E-state index contributed by atoms with van der Waals surface area (Å²) < 4.78 is 0. The molecule has 1 amide bonds. The third-order valence-corrected chi connectivity index (χ3v) is 3.57. The van der Waals surface area contributed by atoms with Gasteiger partial charge in [-0.15, -0.1) is 11.3 Å². The van der Waals surface area contributed by atoms with Gasteiger partial charge >= 0.3 is 5.69 Å². The Morgan fingerprint density at radius 1 is 1.55 bits per heavy atom. The molecule has 0 saturated heterocycles. The number of benzene rings is 1. The number of para-hydroxylation sites is 1. The monoisotopic (exact) mass is 311 g/mol. The van der Waals surface area contributed by atoms with Gasteiger partial charge in [0.25, 0.3) is 5.91 Å². The van der Waals surface area contributed by atoms with Crippen LogP contribution >= 0.6 is 22.9 Å². The van der Waals surface area contributed by atoms with Crippen molar-refractivity contribution in [1.82, 2.24) is 9.88 Å². The van der Waals surface area contributed by atoms with Crippen molar-refractivity contribution in [2.75, 3.05) is 7.05 Å². The second kappa shape index (κ2) is 5.98. The van der Waals surface area contributed by atoms with Crippen molar-refractivity contribution in [3.8, 4) is 0 Å². The summed E-state index contributed by atoms with van der Waals surface area (Å²) in [5.74, 6) is -0.466. The van der Waals surface area contributed by atoms with Gasteiger partial charge in [-0.25, -0.2) is 4.98 Å². The number of nitro benzene ring substituents is 1. The molecule has 0 aliphatic rings. The Labute approximate surface area is 123 Å². The molecule has 2 aromatic rings. The van der Waals surface area contributed by atoms with E-state index in [1.165, 1.54) is 34.4 Å². The van der Waals surface area contributed by atoms with Crippen LogP contribution in [0.4, 0.5) is 5.69 Å². The summed E-state index contributed by atoms with van der Waals surface area (Å²) in [5, 5.41) is 12.8. The molecule has 0 N–H and O–H groups in total. The third kappa shape index (κ3) is 2.94. The van der Waals surface area contributed by atoms with Crippen LogP contribution in [0.1, 0.15) is 16.1 Å². The van der Waals surface area contributed by atoms with E-state index in [4.69, 9.17) is 11.6 Å². The van der Waals surface area contributed by atoms with Gasteiger partial charge < -0.3 is 4.90 Å². The summed E-state index contributed by atoms with van der Waals surface area (Å²) in [6, 6.07) is 4.29. The van der Waals surface area contributed by atoms with E-state index in [1.807, 2.05) is 5.38 Å². The number of halogens is 1. The number of thiazole rings is 1. The highest BCUT2D eigenvalue weighted by molar-refractivity contribution is 7.07. The number of nitrogens with zero attached hydrogens (tertiary/aromatic N) is 3. The van der Waals surface area contributed by atoms with Crippen LogP contribution in [0.3, 0.4) is 0 Å². The second-order valence-corrected chi connectivity index (χ2v) is 5.16. The lowest BCUT2D eigenvalue weighted by molar-refractivity contribution is -0.385. The van der Waals surface area contributed by atoms with Gasteiger partial charge in [-0.3, -0.25) is 14.9 Å². The van der Waals surface area contributed by atoms with Gasteiger partial charge in [0.1, 0.15) is 10.6 Å². The molecule has 0 aliphatic heterocycles. The first-order valence-corrected chi connectivity index (χ1v) is 6.88. The lowest BCUT2D eigenvalue weighted by Crippen LogP contribution is -2.27. The first-order valence-electron chi connectivity index (χ1n) is 5.56.